The lowest BCUT2D eigenvalue weighted by Crippen LogP contribution is -2.53. The van der Waals surface area contributed by atoms with E-state index < -0.39 is 0 Å². The number of carbonyl (C=O) groups excluding carboxylic acids is 2. The number of benzene rings is 2. The second kappa shape index (κ2) is 10.1. The quantitative estimate of drug-likeness (QED) is 0.720. The maximum atomic E-state index is 13.3. The summed E-state index contributed by atoms with van der Waals surface area (Å²) in [7, 11) is 0. The van der Waals surface area contributed by atoms with Gasteiger partial charge < -0.3 is 14.5 Å². The highest BCUT2D eigenvalue weighted by Crippen LogP contribution is 2.20. The second-order valence-corrected chi connectivity index (χ2v) is 8.41. The predicted octanol–water partition coefficient (Wildman–Crippen LogP) is 2.85. The van der Waals surface area contributed by atoms with E-state index in [0.717, 1.165) is 29.7 Å². The molecule has 164 valence electrons. The summed E-state index contributed by atoms with van der Waals surface area (Å²) < 4.78 is 5.54. The zero-order chi connectivity index (χ0) is 21.6. The highest BCUT2D eigenvalue weighted by atomic mass is 16.5. The van der Waals surface area contributed by atoms with Crippen LogP contribution in [0.15, 0.2) is 54.6 Å². The van der Waals surface area contributed by atoms with E-state index in [2.05, 4.69) is 11.0 Å². The van der Waals surface area contributed by atoms with Crippen LogP contribution in [0.25, 0.3) is 0 Å². The molecule has 0 aliphatic carbocycles. The molecule has 2 amide bonds. The van der Waals surface area contributed by atoms with Crippen molar-refractivity contribution in [3.63, 3.8) is 0 Å². The third kappa shape index (κ3) is 5.51. The molecule has 0 N–H and O–H groups in total. The summed E-state index contributed by atoms with van der Waals surface area (Å²) in [4.78, 5) is 31.8. The van der Waals surface area contributed by atoms with Gasteiger partial charge in [0.15, 0.2) is 0 Å². The van der Waals surface area contributed by atoms with E-state index in [9.17, 15) is 9.59 Å². The van der Waals surface area contributed by atoms with E-state index in [-0.39, 0.29) is 17.9 Å². The van der Waals surface area contributed by atoms with Crippen LogP contribution in [0.1, 0.15) is 24.0 Å². The third-order valence-corrected chi connectivity index (χ3v) is 6.05. The van der Waals surface area contributed by atoms with Crippen molar-refractivity contribution in [2.75, 3.05) is 44.2 Å². The minimum atomic E-state index is -0.268. The van der Waals surface area contributed by atoms with Gasteiger partial charge in [0.1, 0.15) is 6.10 Å². The lowest BCUT2D eigenvalue weighted by molar-refractivity contribution is -0.142. The molecule has 1 atom stereocenters. The predicted molar refractivity (Wildman–Crippen MR) is 121 cm³/mol. The second-order valence-electron chi connectivity index (χ2n) is 8.41. The van der Waals surface area contributed by atoms with Crippen molar-refractivity contribution in [2.24, 2.45) is 0 Å². The summed E-state index contributed by atoms with van der Waals surface area (Å²) in [6, 6.07) is 18.2. The maximum absolute atomic E-state index is 13.3. The van der Waals surface area contributed by atoms with Gasteiger partial charge in [-0.3, -0.25) is 14.5 Å². The Kier molecular flexibility index (Phi) is 6.99. The Morgan fingerprint density at radius 2 is 1.81 bits per heavy atom. The molecule has 31 heavy (non-hydrogen) atoms. The molecule has 0 spiro atoms. The van der Waals surface area contributed by atoms with Crippen LogP contribution in [0.5, 0.6) is 0 Å². The Morgan fingerprint density at radius 1 is 1.03 bits per heavy atom. The number of aryl methyl sites for hydroxylation is 1. The van der Waals surface area contributed by atoms with Gasteiger partial charge in [-0.2, -0.15) is 0 Å². The normalized spacial score (nSPS) is 19.4. The molecular weight excluding hydrogens is 390 g/mol. The summed E-state index contributed by atoms with van der Waals surface area (Å²) in [5, 5.41) is 0. The molecule has 0 saturated carbocycles. The van der Waals surface area contributed by atoms with Crippen LogP contribution in [-0.4, -0.2) is 67.0 Å². The number of carbonyl (C=O) groups is 2. The molecule has 6 nitrogen and oxygen atoms in total. The van der Waals surface area contributed by atoms with Crippen molar-refractivity contribution in [2.45, 2.75) is 32.4 Å². The monoisotopic (exact) mass is 421 g/mol. The first kappa shape index (κ1) is 21.5. The molecule has 2 fully saturated rings. The Bertz CT molecular complexity index is 888. The molecule has 2 heterocycles. The van der Waals surface area contributed by atoms with Gasteiger partial charge in [0.25, 0.3) is 5.91 Å². The number of ether oxygens (including phenoxy) is 1. The molecule has 4 rings (SSSR count). The molecule has 0 radical (unpaired) electrons. The Balaban J connectivity index is 1.39. The lowest BCUT2D eigenvalue weighted by atomic mass is 10.1. The van der Waals surface area contributed by atoms with Crippen molar-refractivity contribution >= 4 is 17.5 Å². The number of amides is 2. The van der Waals surface area contributed by atoms with Gasteiger partial charge in [0.2, 0.25) is 5.91 Å². The zero-order valence-electron chi connectivity index (χ0n) is 18.2. The number of rotatable bonds is 6. The molecule has 6 heteroatoms. The zero-order valence-corrected chi connectivity index (χ0v) is 18.2. The summed E-state index contributed by atoms with van der Waals surface area (Å²) >= 11 is 0. The van der Waals surface area contributed by atoms with E-state index in [0.29, 0.717) is 45.9 Å². The van der Waals surface area contributed by atoms with Gasteiger partial charge in [-0.05, 0) is 43.0 Å². The highest BCUT2D eigenvalue weighted by Gasteiger charge is 2.31. The molecule has 0 bridgehead atoms. The Morgan fingerprint density at radius 3 is 2.48 bits per heavy atom. The van der Waals surface area contributed by atoms with Crippen molar-refractivity contribution in [3.05, 3.63) is 65.7 Å². The van der Waals surface area contributed by atoms with Gasteiger partial charge in [-0.15, -0.1) is 0 Å². The van der Waals surface area contributed by atoms with Crippen molar-refractivity contribution < 1.29 is 14.3 Å². The maximum Gasteiger partial charge on any atom is 0.251 e. The Labute approximate surface area is 184 Å². The fourth-order valence-electron chi connectivity index (χ4n) is 4.26. The topological polar surface area (TPSA) is 53.1 Å². The highest BCUT2D eigenvalue weighted by molar-refractivity contribution is 5.94. The van der Waals surface area contributed by atoms with E-state index in [1.807, 2.05) is 65.3 Å². The first-order valence-electron chi connectivity index (χ1n) is 11.1. The number of nitrogens with zero attached hydrogens (tertiary/aromatic N) is 3. The standard InChI is InChI=1S/C25H31N3O3/c1-20-7-5-10-22(17-20)28(18-21-8-3-2-4-9-21)24(29)19-26-12-14-27(15-13-26)25(30)23-11-6-16-31-23/h2-5,7-10,17,23H,6,11-16,18-19H2,1H3. The number of anilines is 1. The van der Waals surface area contributed by atoms with Crippen LogP contribution in [0.2, 0.25) is 0 Å². The molecular formula is C25H31N3O3. The third-order valence-electron chi connectivity index (χ3n) is 6.05. The summed E-state index contributed by atoms with van der Waals surface area (Å²) in [5.41, 5.74) is 3.15. The summed E-state index contributed by atoms with van der Waals surface area (Å²) in [6.45, 7) is 6.32. The largest absolute Gasteiger partial charge is 0.368 e. The Hall–Kier alpha value is -2.70. The van der Waals surface area contributed by atoms with E-state index >= 15 is 0 Å². The van der Waals surface area contributed by atoms with Crippen LogP contribution in [0.4, 0.5) is 5.69 Å². The van der Waals surface area contributed by atoms with Crippen molar-refractivity contribution in [3.8, 4) is 0 Å². The molecule has 2 aliphatic rings. The molecule has 2 aromatic carbocycles. The average Bonchev–Trinajstić information content (AvgIpc) is 3.33. The number of hydrogen-bond donors (Lipinski definition) is 0. The van der Waals surface area contributed by atoms with Crippen LogP contribution in [0, 0.1) is 6.92 Å². The van der Waals surface area contributed by atoms with Gasteiger partial charge in [-0.1, -0.05) is 42.5 Å². The van der Waals surface area contributed by atoms with Crippen molar-refractivity contribution in [1.29, 1.82) is 0 Å². The minimum absolute atomic E-state index is 0.0772. The van der Waals surface area contributed by atoms with Gasteiger partial charge in [0.05, 0.1) is 13.1 Å². The average molecular weight is 422 g/mol. The van der Waals surface area contributed by atoms with Crippen LogP contribution in [-0.2, 0) is 20.9 Å². The van der Waals surface area contributed by atoms with Crippen molar-refractivity contribution in [1.82, 2.24) is 9.80 Å². The molecule has 2 aromatic rings. The van der Waals surface area contributed by atoms with Crippen LogP contribution < -0.4 is 4.90 Å². The summed E-state index contributed by atoms with van der Waals surface area (Å²) in [6.07, 6.45) is 1.51. The SMILES string of the molecule is Cc1cccc(N(Cc2ccccc2)C(=O)CN2CCN(C(=O)C3CCCO3)CC2)c1. The molecule has 0 aromatic heterocycles. The molecule has 2 saturated heterocycles. The van der Waals surface area contributed by atoms with Gasteiger partial charge in [-0.25, -0.2) is 0 Å². The van der Waals surface area contributed by atoms with E-state index in [1.165, 1.54) is 0 Å². The van der Waals surface area contributed by atoms with Crippen LogP contribution in [0.3, 0.4) is 0 Å². The van der Waals surface area contributed by atoms with Gasteiger partial charge in [0, 0.05) is 38.5 Å². The number of piperazine rings is 1. The fourth-order valence-corrected chi connectivity index (χ4v) is 4.26. The smallest absolute Gasteiger partial charge is 0.251 e. The number of hydrogen-bond acceptors (Lipinski definition) is 4. The minimum Gasteiger partial charge on any atom is -0.368 e. The van der Waals surface area contributed by atoms with Gasteiger partial charge >= 0.3 is 0 Å². The molecule has 2 aliphatic heterocycles. The van der Waals surface area contributed by atoms with E-state index in [4.69, 9.17) is 4.74 Å². The molecule has 1 unspecified atom stereocenters. The van der Waals surface area contributed by atoms with Crippen LogP contribution >= 0.6 is 0 Å². The summed E-state index contributed by atoms with van der Waals surface area (Å²) in [5.74, 6) is 0.183. The first-order valence-corrected chi connectivity index (χ1v) is 11.1. The fraction of sp³-hybridized carbons (Fsp3) is 0.440. The van der Waals surface area contributed by atoms with E-state index in [1.54, 1.807) is 0 Å². The first-order chi connectivity index (χ1) is 15.1. The lowest BCUT2D eigenvalue weighted by Gasteiger charge is -2.36.